The molecule has 0 aliphatic heterocycles. The second kappa shape index (κ2) is 7.08. The molecule has 0 aromatic rings. The van der Waals surface area contributed by atoms with Crippen LogP contribution in [0.1, 0.15) is 40.0 Å². The number of nitrogens with zero attached hydrogens (tertiary/aromatic N) is 2. The van der Waals surface area contributed by atoms with Crippen molar-refractivity contribution in [1.82, 2.24) is 10.6 Å². The molecule has 1 rings (SSSR count). The number of hydrogen-bond acceptors (Lipinski definition) is 4. The molecule has 1 saturated carbocycles. The van der Waals surface area contributed by atoms with Gasteiger partial charge in [-0.3, -0.25) is 9.59 Å². The number of rotatable bonds is 5. The fourth-order valence-electron chi connectivity index (χ4n) is 3.30. The summed E-state index contributed by atoms with van der Waals surface area (Å²) in [4.78, 5) is 23.1. The van der Waals surface area contributed by atoms with E-state index in [1.165, 1.54) is 0 Å². The normalized spacial score (nSPS) is 26.4. The number of nitrogens with one attached hydrogen (secondary N) is 2. The lowest BCUT2D eigenvalue weighted by molar-refractivity contribution is -0.121. The number of nitriles is 2. The van der Waals surface area contributed by atoms with Crippen LogP contribution in [0.4, 0.5) is 0 Å². The Morgan fingerprint density at radius 1 is 1.19 bits per heavy atom. The molecule has 6 nitrogen and oxygen atoms in total. The maximum absolute atomic E-state index is 11.7. The maximum Gasteiger partial charge on any atom is 0.234 e. The second-order valence-electron chi connectivity index (χ2n) is 6.34. The largest absolute Gasteiger partial charge is 0.355 e. The van der Waals surface area contributed by atoms with Crippen molar-refractivity contribution < 1.29 is 9.59 Å². The van der Waals surface area contributed by atoms with E-state index in [1.54, 1.807) is 0 Å². The Bertz CT molecular complexity index is 487. The van der Waals surface area contributed by atoms with Gasteiger partial charge in [0, 0.05) is 18.5 Å². The van der Waals surface area contributed by atoms with E-state index < -0.39 is 0 Å². The molecule has 0 saturated heterocycles. The van der Waals surface area contributed by atoms with Crippen LogP contribution in [0.3, 0.4) is 0 Å². The first-order valence-corrected chi connectivity index (χ1v) is 7.11. The van der Waals surface area contributed by atoms with Gasteiger partial charge in [-0.25, -0.2) is 0 Å². The standard InChI is InChI=1S/C15H22N4O2/c1-10-8-15(2,3)11(9-18-12(20)4-6-16)14(10)19-13(21)5-7-17/h10-11,14H,4-5,8-9H2,1-3H3,(H,18,20)(H,19,21)/t10-,11+,14-/m1/s1. The molecule has 3 atom stereocenters. The lowest BCUT2D eigenvalue weighted by Crippen LogP contribution is -2.47. The van der Waals surface area contributed by atoms with Crippen molar-refractivity contribution in [2.75, 3.05) is 6.54 Å². The Hall–Kier alpha value is -2.08. The molecule has 6 heteroatoms. The average molecular weight is 290 g/mol. The third-order valence-electron chi connectivity index (χ3n) is 4.22. The van der Waals surface area contributed by atoms with E-state index in [9.17, 15) is 9.59 Å². The van der Waals surface area contributed by atoms with Gasteiger partial charge in [0.15, 0.2) is 0 Å². The van der Waals surface area contributed by atoms with Crippen LogP contribution in [0.25, 0.3) is 0 Å². The van der Waals surface area contributed by atoms with E-state index in [1.807, 2.05) is 12.1 Å². The summed E-state index contributed by atoms with van der Waals surface area (Å²) in [6, 6.07) is 3.59. The average Bonchev–Trinajstić information content (AvgIpc) is 2.57. The van der Waals surface area contributed by atoms with E-state index in [-0.39, 0.29) is 47.9 Å². The van der Waals surface area contributed by atoms with Gasteiger partial charge in [-0.05, 0) is 17.8 Å². The molecule has 0 aromatic carbocycles. The van der Waals surface area contributed by atoms with Gasteiger partial charge in [-0.15, -0.1) is 0 Å². The van der Waals surface area contributed by atoms with Crippen molar-refractivity contribution in [1.29, 1.82) is 10.5 Å². The summed E-state index contributed by atoms with van der Waals surface area (Å²) in [7, 11) is 0. The van der Waals surface area contributed by atoms with Crippen molar-refractivity contribution in [2.45, 2.75) is 46.1 Å². The molecular weight excluding hydrogens is 268 g/mol. The molecule has 2 N–H and O–H groups in total. The van der Waals surface area contributed by atoms with Gasteiger partial charge in [0.25, 0.3) is 0 Å². The van der Waals surface area contributed by atoms with E-state index in [0.29, 0.717) is 6.54 Å². The lowest BCUT2D eigenvalue weighted by atomic mass is 9.80. The van der Waals surface area contributed by atoms with Crippen molar-refractivity contribution in [2.24, 2.45) is 17.3 Å². The minimum Gasteiger partial charge on any atom is -0.355 e. The third-order valence-corrected chi connectivity index (χ3v) is 4.22. The zero-order valence-corrected chi connectivity index (χ0v) is 12.8. The van der Waals surface area contributed by atoms with Crippen LogP contribution in [0.5, 0.6) is 0 Å². The van der Waals surface area contributed by atoms with E-state index in [0.717, 1.165) is 6.42 Å². The number of carbonyl (C=O) groups is 2. The van der Waals surface area contributed by atoms with Crippen LogP contribution in [-0.4, -0.2) is 24.4 Å². The molecule has 114 valence electrons. The molecule has 1 aliphatic carbocycles. The lowest BCUT2D eigenvalue weighted by Gasteiger charge is -2.31. The zero-order chi connectivity index (χ0) is 16.0. The SMILES string of the molecule is C[C@@H]1CC(C)(C)[C@@H](CNC(=O)CC#N)[C@@H]1NC(=O)CC#N. The van der Waals surface area contributed by atoms with Gasteiger partial charge >= 0.3 is 0 Å². The highest BCUT2D eigenvalue weighted by atomic mass is 16.2. The van der Waals surface area contributed by atoms with Gasteiger partial charge in [0.2, 0.25) is 11.8 Å². The highest BCUT2D eigenvalue weighted by Crippen LogP contribution is 2.45. The first-order chi connectivity index (χ1) is 9.81. The van der Waals surface area contributed by atoms with Crippen LogP contribution >= 0.6 is 0 Å². The van der Waals surface area contributed by atoms with Gasteiger partial charge in [-0.2, -0.15) is 10.5 Å². The van der Waals surface area contributed by atoms with E-state index >= 15 is 0 Å². The van der Waals surface area contributed by atoms with Crippen LogP contribution in [0.2, 0.25) is 0 Å². The fraction of sp³-hybridized carbons (Fsp3) is 0.733. The Morgan fingerprint density at radius 2 is 1.76 bits per heavy atom. The summed E-state index contributed by atoms with van der Waals surface area (Å²) in [5.74, 6) is -0.214. The zero-order valence-electron chi connectivity index (χ0n) is 12.8. The molecule has 1 aliphatic rings. The monoisotopic (exact) mass is 290 g/mol. The first-order valence-electron chi connectivity index (χ1n) is 7.11. The molecule has 1 fully saturated rings. The Labute approximate surface area is 125 Å². The summed E-state index contributed by atoms with van der Waals surface area (Å²) < 4.78 is 0. The summed E-state index contributed by atoms with van der Waals surface area (Å²) in [5.41, 5.74) is -0.0239. The Balaban J connectivity index is 2.74. The molecule has 21 heavy (non-hydrogen) atoms. The van der Waals surface area contributed by atoms with Crippen molar-refractivity contribution in [3.05, 3.63) is 0 Å². The Morgan fingerprint density at radius 3 is 2.33 bits per heavy atom. The highest BCUT2D eigenvalue weighted by molar-refractivity contribution is 5.79. The molecule has 2 amide bonds. The smallest absolute Gasteiger partial charge is 0.234 e. The van der Waals surface area contributed by atoms with E-state index in [2.05, 4.69) is 31.4 Å². The fourth-order valence-corrected chi connectivity index (χ4v) is 3.30. The number of carbonyl (C=O) groups excluding carboxylic acids is 2. The van der Waals surface area contributed by atoms with E-state index in [4.69, 9.17) is 10.5 Å². The molecule has 0 unspecified atom stereocenters. The second-order valence-corrected chi connectivity index (χ2v) is 6.34. The predicted molar refractivity (Wildman–Crippen MR) is 76.5 cm³/mol. The maximum atomic E-state index is 11.7. The molecular formula is C15H22N4O2. The Kier molecular flexibility index (Phi) is 5.72. The molecule has 0 heterocycles. The molecule has 0 bridgehead atoms. The minimum atomic E-state index is -0.296. The molecule has 0 aromatic heterocycles. The number of hydrogen-bond donors (Lipinski definition) is 2. The summed E-state index contributed by atoms with van der Waals surface area (Å²) in [6.07, 6.45) is 0.620. The highest BCUT2D eigenvalue weighted by Gasteiger charge is 2.46. The molecule has 0 spiro atoms. The molecule has 0 radical (unpaired) electrons. The summed E-state index contributed by atoms with van der Waals surface area (Å²) >= 11 is 0. The van der Waals surface area contributed by atoms with Gasteiger partial charge in [-0.1, -0.05) is 20.8 Å². The topological polar surface area (TPSA) is 106 Å². The van der Waals surface area contributed by atoms with Crippen LogP contribution in [0.15, 0.2) is 0 Å². The van der Waals surface area contributed by atoms with Crippen LogP contribution < -0.4 is 10.6 Å². The number of amides is 2. The predicted octanol–water partition coefficient (Wildman–Crippen LogP) is 1.10. The van der Waals surface area contributed by atoms with Gasteiger partial charge in [0.1, 0.15) is 12.8 Å². The van der Waals surface area contributed by atoms with Crippen molar-refractivity contribution in [3.8, 4) is 12.1 Å². The summed E-state index contributed by atoms with van der Waals surface area (Å²) in [6.45, 7) is 6.72. The third kappa shape index (κ3) is 4.46. The quantitative estimate of drug-likeness (QED) is 0.790. The van der Waals surface area contributed by atoms with Crippen LogP contribution in [0, 0.1) is 39.9 Å². The van der Waals surface area contributed by atoms with Crippen LogP contribution in [-0.2, 0) is 9.59 Å². The van der Waals surface area contributed by atoms with Crippen molar-refractivity contribution in [3.63, 3.8) is 0 Å². The van der Waals surface area contributed by atoms with Crippen molar-refractivity contribution >= 4 is 11.8 Å². The van der Waals surface area contributed by atoms with Gasteiger partial charge in [0.05, 0.1) is 12.1 Å². The van der Waals surface area contributed by atoms with Gasteiger partial charge < -0.3 is 10.6 Å². The summed E-state index contributed by atoms with van der Waals surface area (Å²) in [5, 5.41) is 22.8. The first kappa shape index (κ1) is 17.0. The minimum absolute atomic E-state index is 0.0239.